The van der Waals surface area contributed by atoms with Crippen LogP contribution in [0.1, 0.15) is 17.2 Å². The molecule has 0 atom stereocenters. The summed E-state index contributed by atoms with van der Waals surface area (Å²) in [6.07, 6.45) is 5.71. The highest BCUT2D eigenvalue weighted by Crippen LogP contribution is 2.39. The van der Waals surface area contributed by atoms with Gasteiger partial charge in [0, 0.05) is 35.9 Å². The van der Waals surface area contributed by atoms with Crippen molar-refractivity contribution in [3.63, 3.8) is 0 Å². The molecular formula is C22H14N4O4. The van der Waals surface area contributed by atoms with Gasteiger partial charge in [0.05, 0.1) is 10.8 Å². The van der Waals surface area contributed by atoms with Gasteiger partial charge in [0.25, 0.3) is 0 Å². The molecule has 1 aliphatic rings. The molecule has 0 aromatic carbocycles. The highest BCUT2D eigenvalue weighted by molar-refractivity contribution is 5.85. The molecule has 0 radical (unpaired) electrons. The molecule has 0 saturated carbocycles. The van der Waals surface area contributed by atoms with Gasteiger partial charge in [-0.15, -0.1) is 0 Å². The van der Waals surface area contributed by atoms with E-state index in [1.807, 2.05) is 0 Å². The molecule has 30 heavy (non-hydrogen) atoms. The van der Waals surface area contributed by atoms with Crippen molar-refractivity contribution >= 4 is 22.2 Å². The van der Waals surface area contributed by atoms with Gasteiger partial charge in [0.1, 0.15) is 6.10 Å². The summed E-state index contributed by atoms with van der Waals surface area (Å²) in [4.78, 5) is 28.0. The Labute approximate surface area is 169 Å². The largest absolute Gasteiger partial charge is 0.420 e. The maximum Gasteiger partial charge on any atom is 0.232 e. The first-order valence-corrected chi connectivity index (χ1v) is 9.10. The number of hydrogen-bond acceptors (Lipinski definition) is 8. The monoisotopic (exact) mass is 398 g/mol. The zero-order valence-corrected chi connectivity index (χ0v) is 15.5. The SMILES string of the molecule is O=c1c2cccnc2oc2ncccc12.OC1c2cccnc2Oc2ncccc21. The van der Waals surface area contributed by atoms with E-state index in [2.05, 4.69) is 19.9 Å². The number of aliphatic hydroxyl groups is 1. The molecule has 6 heterocycles. The summed E-state index contributed by atoms with van der Waals surface area (Å²) < 4.78 is 10.9. The Bertz CT molecular complexity index is 1330. The number of pyridine rings is 4. The van der Waals surface area contributed by atoms with E-state index in [-0.39, 0.29) is 5.43 Å². The molecule has 8 heteroatoms. The average Bonchev–Trinajstić information content (AvgIpc) is 2.80. The Hall–Kier alpha value is -4.17. The normalized spacial score (nSPS) is 12.4. The van der Waals surface area contributed by atoms with Crippen LogP contribution in [0.3, 0.4) is 0 Å². The van der Waals surface area contributed by atoms with Crippen LogP contribution in [-0.2, 0) is 0 Å². The molecule has 0 unspecified atom stereocenters. The third kappa shape index (κ3) is 3.05. The van der Waals surface area contributed by atoms with E-state index in [4.69, 9.17) is 9.15 Å². The van der Waals surface area contributed by atoms with Gasteiger partial charge in [0.2, 0.25) is 28.6 Å². The number of nitrogens with zero attached hydrogens (tertiary/aromatic N) is 4. The minimum Gasteiger partial charge on any atom is -0.420 e. The van der Waals surface area contributed by atoms with Gasteiger partial charge >= 0.3 is 0 Å². The summed E-state index contributed by atoms with van der Waals surface area (Å²) in [6, 6.07) is 13.9. The topological polar surface area (TPSA) is 111 Å². The molecular weight excluding hydrogens is 384 g/mol. The second-order valence-corrected chi connectivity index (χ2v) is 6.44. The van der Waals surface area contributed by atoms with Crippen LogP contribution in [0.4, 0.5) is 0 Å². The van der Waals surface area contributed by atoms with Crippen molar-refractivity contribution in [3.05, 3.63) is 94.7 Å². The molecule has 0 spiro atoms. The number of aromatic nitrogens is 4. The number of fused-ring (bicyclic) bond motifs is 4. The Kier molecular flexibility index (Phi) is 4.38. The van der Waals surface area contributed by atoms with E-state index in [0.717, 1.165) is 0 Å². The molecule has 146 valence electrons. The van der Waals surface area contributed by atoms with E-state index < -0.39 is 6.10 Å². The third-order valence-corrected chi connectivity index (χ3v) is 4.61. The lowest BCUT2D eigenvalue weighted by molar-refractivity contribution is 0.198. The van der Waals surface area contributed by atoms with Crippen molar-refractivity contribution in [2.45, 2.75) is 6.10 Å². The van der Waals surface area contributed by atoms with Gasteiger partial charge in [-0.3, -0.25) is 4.79 Å². The lowest BCUT2D eigenvalue weighted by atomic mass is 10.0. The predicted octanol–water partition coefficient (Wildman–Crippen LogP) is 3.40. The zero-order valence-electron chi connectivity index (χ0n) is 15.5. The van der Waals surface area contributed by atoms with Crippen molar-refractivity contribution in [2.75, 3.05) is 0 Å². The molecule has 1 N–H and O–H groups in total. The van der Waals surface area contributed by atoms with Gasteiger partial charge in [-0.1, -0.05) is 0 Å². The summed E-state index contributed by atoms with van der Waals surface area (Å²) in [7, 11) is 0. The minimum atomic E-state index is -0.703. The summed E-state index contributed by atoms with van der Waals surface area (Å²) >= 11 is 0. The average molecular weight is 398 g/mol. The van der Waals surface area contributed by atoms with Crippen LogP contribution in [0.2, 0.25) is 0 Å². The van der Waals surface area contributed by atoms with Crippen LogP contribution in [0.15, 0.2) is 82.5 Å². The van der Waals surface area contributed by atoms with Gasteiger partial charge in [0.15, 0.2) is 0 Å². The van der Waals surface area contributed by atoms with E-state index in [1.165, 1.54) is 0 Å². The van der Waals surface area contributed by atoms with Gasteiger partial charge in [-0.2, -0.15) is 0 Å². The fourth-order valence-corrected chi connectivity index (χ4v) is 3.18. The summed E-state index contributed by atoms with van der Waals surface area (Å²) in [6.45, 7) is 0. The molecule has 8 nitrogen and oxygen atoms in total. The van der Waals surface area contributed by atoms with Crippen LogP contribution in [0.25, 0.3) is 22.2 Å². The number of hydrogen-bond donors (Lipinski definition) is 1. The van der Waals surface area contributed by atoms with E-state index in [9.17, 15) is 9.90 Å². The maximum atomic E-state index is 11.9. The van der Waals surface area contributed by atoms with Gasteiger partial charge < -0.3 is 14.3 Å². The lowest BCUT2D eigenvalue weighted by Crippen LogP contribution is -2.11. The summed E-state index contributed by atoms with van der Waals surface area (Å²) in [5, 5.41) is 11.0. The Morgan fingerprint density at radius 2 is 1.17 bits per heavy atom. The molecule has 0 fully saturated rings. The van der Waals surface area contributed by atoms with Crippen molar-refractivity contribution < 1.29 is 14.3 Å². The zero-order chi connectivity index (χ0) is 20.5. The Morgan fingerprint density at radius 1 is 0.700 bits per heavy atom. The molecule has 1 aliphatic heterocycles. The van der Waals surface area contributed by atoms with Crippen molar-refractivity contribution in [2.24, 2.45) is 0 Å². The third-order valence-electron chi connectivity index (χ3n) is 4.61. The van der Waals surface area contributed by atoms with E-state index in [1.54, 1.807) is 73.3 Å². The smallest absolute Gasteiger partial charge is 0.232 e. The second kappa shape index (κ2) is 7.34. The Balaban J connectivity index is 0.000000128. The minimum absolute atomic E-state index is 0.0903. The number of aliphatic hydroxyl groups excluding tert-OH is 1. The van der Waals surface area contributed by atoms with E-state index in [0.29, 0.717) is 45.1 Å². The van der Waals surface area contributed by atoms with Crippen LogP contribution in [0.5, 0.6) is 11.8 Å². The molecule has 0 aliphatic carbocycles. The van der Waals surface area contributed by atoms with Gasteiger partial charge in [-0.25, -0.2) is 19.9 Å². The van der Waals surface area contributed by atoms with Crippen LogP contribution >= 0.6 is 0 Å². The van der Waals surface area contributed by atoms with Crippen molar-refractivity contribution in [3.8, 4) is 11.8 Å². The standard InChI is InChI=1S/C11H8N2O2.C11H6N2O2/c2*14-9-7-3-1-5-12-10(7)15-11-8(9)4-2-6-13-11/h1-6,9,14H;1-6H. The molecule has 0 bridgehead atoms. The lowest BCUT2D eigenvalue weighted by Gasteiger charge is -2.21. The fourth-order valence-electron chi connectivity index (χ4n) is 3.18. The number of ether oxygens (including phenoxy) is 1. The highest BCUT2D eigenvalue weighted by atomic mass is 16.5. The van der Waals surface area contributed by atoms with Crippen LogP contribution in [-0.4, -0.2) is 25.0 Å². The van der Waals surface area contributed by atoms with E-state index >= 15 is 0 Å². The molecule has 5 aromatic heterocycles. The first-order chi connectivity index (χ1) is 14.7. The predicted molar refractivity (Wildman–Crippen MR) is 108 cm³/mol. The maximum absolute atomic E-state index is 11.9. The molecule has 6 rings (SSSR count). The van der Waals surface area contributed by atoms with Gasteiger partial charge in [-0.05, 0) is 48.5 Å². The highest BCUT2D eigenvalue weighted by Gasteiger charge is 2.26. The summed E-state index contributed by atoms with van der Waals surface area (Å²) in [5.74, 6) is 0.854. The fraction of sp³-hybridized carbons (Fsp3) is 0.0455. The van der Waals surface area contributed by atoms with Crippen molar-refractivity contribution in [1.29, 1.82) is 0 Å². The van der Waals surface area contributed by atoms with Crippen LogP contribution < -0.4 is 10.2 Å². The first-order valence-electron chi connectivity index (χ1n) is 9.10. The molecule has 0 amide bonds. The number of rotatable bonds is 0. The second-order valence-electron chi connectivity index (χ2n) is 6.44. The molecule has 5 aromatic rings. The first kappa shape index (κ1) is 17.9. The quantitative estimate of drug-likeness (QED) is 0.395. The van der Waals surface area contributed by atoms with Crippen LogP contribution in [0, 0.1) is 0 Å². The molecule has 0 saturated heterocycles. The Morgan fingerprint density at radius 3 is 1.70 bits per heavy atom. The van der Waals surface area contributed by atoms with Crippen molar-refractivity contribution in [1.82, 2.24) is 19.9 Å². The summed E-state index contributed by atoms with van der Waals surface area (Å²) in [5.41, 5.74) is 1.92.